The minimum absolute atomic E-state index is 0. The molecule has 3 N–H and O–H groups in total. The highest BCUT2D eigenvalue weighted by Gasteiger charge is 2.15. The standard InChI is InChI=1S/C16H22N4O.2ClH/c21-16(6-5-12-7-9-17-11-12)18-10-8-15-19-13-3-1-2-4-14(13)20-15;;/h1-4,12,17H,5-11H2,(H,18,21)(H,19,20);2*1H. The molecule has 1 atom stereocenters. The number of hydrogen-bond acceptors (Lipinski definition) is 3. The van der Waals surface area contributed by atoms with Gasteiger partial charge in [-0.25, -0.2) is 4.98 Å². The van der Waals surface area contributed by atoms with Gasteiger partial charge in [-0.3, -0.25) is 4.79 Å². The van der Waals surface area contributed by atoms with E-state index in [1.165, 1.54) is 6.42 Å². The Balaban J connectivity index is 0.00000132. The molecule has 0 aliphatic carbocycles. The molecule has 2 aromatic rings. The molecule has 0 saturated carbocycles. The van der Waals surface area contributed by atoms with Crippen molar-refractivity contribution in [2.75, 3.05) is 19.6 Å². The number of nitrogens with zero attached hydrogens (tertiary/aromatic N) is 1. The number of aromatic nitrogens is 2. The predicted molar refractivity (Wildman–Crippen MR) is 97.5 cm³/mol. The summed E-state index contributed by atoms with van der Waals surface area (Å²) in [5.41, 5.74) is 2.03. The number of aromatic amines is 1. The van der Waals surface area contributed by atoms with Crippen LogP contribution < -0.4 is 10.6 Å². The Bertz CT molecular complexity index is 578. The maximum atomic E-state index is 11.8. The molecular weight excluding hydrogens is 335 g/mol. The Labute approximate surface area is 148 Å². The van der Waals surface area contributed by atoms with E-state index < -0.39 is 0 Å². The highest BCUT2D eigenvalue weighted by atomic mass is 35.5. The van der Waals surface area contributed by atoms with Crippen LogP contribution in [0.3, 0.4) is 0 Å². The van der Waals surface area contributed by atoms with Gasteiger partial charge in [0.2, 0.25) is 5.91 Å². The van der Waals surface area contributed by atoms with Gasteiger partial charge in [0.15, 0.2) is 0 Å². The molecule has 1 aliphatic rings. The van der Waals surface area contributed by atoms with Crippen LogP contribution in [0.5, 0.6) is 0 Å². The Morgan fingerprint density at radius 3 is 2.87 bits per heavy atom. The first-order chi connectivity index (χ1) is 10.3. The number of halogens is 2. The van der Waals surface area contributed by atoms with Crippen molar-refractivity contribution in [3.8, 4) is 0 Å². The molecule has 128 valence electrons. The molecule has 1 saturated heterocycles. The number of para-hydroxylation sites is 2. The van der Waals surface area contributed by atoms with Gasteiger partial charge in [0.25, 0.3) is 0 Å². The van der Waals surface area contributed by atoms with Crippen LogP contribution in [0.4, 0.5) is 0 Å². The van der Waals surface area contributed by atoms with Crippen LogP contribution in [0.2, 0.25) is 0 Å². The van der Waals surface area contributed by atoms with Gasteiger partial charge >= 0.3 is 0 Å². The molecule has 1 unspecified atom stereocenters. The molecule has 1 aromatic heterocycles. The van der Waals surface area contributed by atoms with Gasteiger partial charge in [0.05, 0.1) is 11.0 Å². The lowest BCUT2D eigenvalue weighted by molar-refractivity contribution is -0.121. The number of carbonyl (C=O) groups is 1. The zero-order valence-electron chi connectivity index (χ0n) is 13.0. The first-order valence-electron chi connectivity index (χ1n) is 7.72. The Morgan fingerprint density at radius 1 is 1.30 bits per heavy atom. The topological polar surface area (TPSA) is 69.8 Å². The number of rotatable bonds is 6. The maximum absolute atomic E-state index is 11.8. The van der Waals surface area contributed by atoms with Crippen LogP contribution in [0, 0.1) is 5.92 Å². The summed E-state index contributed by atoms with van der Waals surface area (Å²) in [6.07, 6.45) is 3.56. The van der Waals surface area contributed by atoms with Crippen LogP contribution in [-0.4, -0.2) is 35.5 Å². The molecule has 7 heteroatoms. The van der Waals surface area contributed by atoms with E-state index in [0.717, 1.165) is 42.8 Å². The number of amides is 1. The second-order valence-corrected chi connectivity index (χ2v) is 5.70. The zero-order chi connectivity index (χ0) is 14.5. The van der Waals surface area contributed by atoms with Crippen molar-refractivity contribution in [2.24, 2.45) is 5.92 Å². The highest BCUT2D eigenvalue weighted by Crippen LogP contribution is 2.14. The average Bonchev–Trinajstić information content (AvgIpc) is 3.14. The van der Waals surface area contributed by atoms with E-state index in [0.29, 0.717) is 18.9 Å². The number of imidazole rings is 1. The van der Waals surface area contributed by atoms with Gasteiger partial charge < -0.3 is 15.6 Å². The van der Waals surface area contributed by atoms with Crippen molar-refractivity contribution in [3.05, 3.63) is 30.1 Å². The Hall–Kier alpha value is -1.30. The number of nitrogens with one attached hydrogen (secondary N) is 3. The zero-order valence-corrected chi connectivity index (χ0v) is 14.6. The van der Waals surface area contributed by atoms with Crippen LogP contribution in [-0.2, 0) is 11.2 Å². The normalized spacial score (nSPS) is 16.6. The maximum Gasteiger partial charge on any atom is 0.220 e. The minimum atomic E-state index is 0. The van der Waals surface area contributed by atoms with Gasteiger partial charge in [-0.15, -0.1) is 24.8 Å². The number of H-pyrrole nitrogens is 1. The van der Waals surface area contributed by atoms with Crippen molar-refractivity contribution in [2.45, 2.75) is 25.7 Å². The minimum Gasteiger partial charge on any atom is -0.356 e. The lowest BCUT2D eigenvalue weighted by atomic mass is 10.0. The van der Waals surface area contributed by atoms with E-state index in [1.54, 1.807) is 0 Å². The fourth-order valence-corrected chi connectivity index (χ4v) is 2.83. The molecule has 0 spiro atoms. The van der Waals surface area contributed by atoms with Crippen molar-refractivity contribution < 1.29 is 4.79 Å². The first kappa shape index (κ1) is 19.7. The van der Waals surface area contributed by atoms with E-state index in [9.17, 15) is 4.79 Å². The monoisotopic (exact) mass is 358 g/mol. The summed E-state index contributed by atoms with van der Waals surface area (Å²) in [6, 6.07) is 7.97. The number of benzene rings is 1. The summed E-state index contributed by atoms with van der Waals surface area (Å²) in [4.78, 5) is 19.6. The highest BCUT2D eigenvalue weighted by molar-refractivity contribution is 5.85. The third kappa shape index (κ3) is 5.68. The summed E-state index contributed by atoms with van der Waals surface area (Å²) < 4.78 is 0. The first-order valence-corrected chi connectivity index (χ1v) is 7.72. The summed E-state index contributed by atoms with van der Waals surface area (Å²) in [6.45, 7) is 2.80. The van der Waals surface area contributed by atoms with Crippen LogP contribution in [0.1, 0.15) is 25.1 Å². The molecule has 1 aliphatic heterocycles. The van der Waals surface area contributed by atoms with Gasteiger partial charge in [-0.1, -0.05) is 12.1 Å². The lowest BCUT2D eigenvalue weighted by Crippen LogP contribution is -2.26. The Kier molecular flexibility index (Phi) is 8.37. The SMILES string of the molecule is Cl.Cl.O=C(CCC1CCNC1)NCCc1nc2ccccc2[nH]1. The second-order valence-electron chi connectivity index (χ2n) is 5.70. The average molecular weight is 359 g/mol. The van der Waals surface area contributed by atoms with E-state index >= 15 is 0 Å². The van der Waals surface area contributed by atoms with Crippen molar-refractivity contribution in [3.63, 3.8) is 0 Å². The molecule has 1 fully saturated rings. The third-order valence-electron chi connectivity index (χ3n) is 4.06. The number of carbonyl (C=O) groups excluding carboxylic acids is 1. The molecule has 23 heavy (non-hydrogen) atoms. The van der Waals surface area contributed by atoms with Crippen LogP contribution >= 0.6 is 24.8 Å². The van der Waals surface area contributed by atoms with E-state index in [-0.39, 0.29) is 30.7 Å². The van der Waals surface area contributed by atoms with Crippen molar-refractivity contribution in [1.82, 2.24) is 20.6 Å². The van der Waals surface area contributed by atoms with E-state index in [1.807, 2.05) is 24.3 Å². The molecule has 1 aromatic carbocycles. The molecule has 2 heterocycles. The predicted octanol–water partition coefficient (Wildman–Crippen LogP) is 2.45. The van der Waals surface area contributed by atoms with Gasteiger partial charge in [-0.05, 0) is 44.0 Å². The number of hydrogen-bond donors (Lipinski definition) is 3. The van der Waals surface area contributed by atoms with Crippen molar-refractivity contribution >= 4 is 41.8 Å². The molecule has 3 rings (SSSR count). The quantitative estimate of drug-likeness (QED) is 0.742. The second kappa shape index (κ2) is 9.75. The van der Waals surface area contributed by atoms with Crippen molar-refractivity contribution in [1.29, 1.82) is 0 Å². The van der Waals surface area contributed by atoms with Gasteiger partial charge in [-0.2, -0.15) is 0 Å². The van der Waals surface area contributed by atoms with Crippen LogP contribution in [0.15, 0.2) is 24.3 Å². The smallest absolute Gasteiger partial charge is 0.220 e. The fourth-order valence-electron chi connectivity index (χ4n) is 2.83. The molecule has 0 bridgehead atoms. The summed E-state index contributed by atoms with van der Waals surface area (Å²) in [5, 5.41) is 6.31. The van der Waals surface area contributed by atoms with E-state index in [4.69, 9.17) is 0 Å². The van der Waals surface area contributed by atoms with E-state index in [2.05, 4.69) is 20.6 Å². The van der Waals surface area contributed by atoms with Gasteiger partial charge in [0, 0.05) is 19.4 Å². The summed E-state index contributed by atoms with van der Waals surface area (Å²) in [5.74, 6) is 1.75. The third-order valence-corrected chi connectivity index (χ3v) is 4.06. The Morgan fingerprint density at radius 2 is 2.13 bits per heavy atom. The lowest BCUT2D eigenvalue weighted by Gasteiger charge is -2.08. The fraction of sp³-hybridized carbons (Fsp3) is 0.500. The van der Waals surface area contributed by atoms with Gasteiger partial charge in [0.1, 0.15) is 5.82 Å². The summed E-state index contributed by atoms with van der Waals surface area (Å²) in [7, 11) is 0. The summed E-state index contributed by atoms with van der Waals surface area (Å²) >= 11 is 0. The molecular formula is C16H24Cl2N4O. The molecule has 1 amide bonds. The number of fused-ring (bicyclic) bond motifs is 1. The largest absolute Gasteiger partial charge is 0.356 e. The molecule has 5 nitrogen and oxygen atoms in total. The molecule has 0 radical (unpaired) electrons. The van der Waals surface area contributed by atoms with Crippen LogP contribution in [0.25, 0.3) is 11.0 Å².